The summed E-state index contributed by atoms with van der Waals surface area (Å²) < 4.78 is 26.3. The van der Waals surface area contributed by atoms with Gasteiger partial charge in [-0.2, -0.15) is 5.10 Å². The molecule has 0 spiro atoms. The number of nitrogen functional groups attached to an aromatic ring is 1. The molecule has 0 atom stereocenters. The number of rotatable bonds is 4. The van der Waals surface area contributed by atoms with Crippen molar-refractivity contribution in [2.75, 3.05) is 12.0 Å². The Labute approximate surface area is 118 Å². The van der Waals surface area contributed by atoms with Gasteiger partial charge in [-0.25, -0.2) is 13.4 Å². The first kappa shape index (κ1) is 14.8. The first-order chi connectivity index (χ1) is 9.08. The molecular weight excluding hydrogens is 278 g/mol. The number of nitrogens with two attached hydrogens (primary N) is 1. The Hall–Kier alpha value is -1.57. The lowest BCUT2D eigenvalue weighted by molar-refractivity contribution is 0.506. The number of fused-ring (bicyclic) bond motifs is 1. The Balaban J connectivity index is 2.61. The molecule has 20 heavy (non-hydrogen) atoms. The van der Waals surface area contributed by atoms with Crippen molar-refractivity contribution >= 4 is 26.9 Å². The predicted octanol–water partition coefficient (Wildman–Crippen LogP) is 0.738. The number of hydrogen-bond donors (Lipinski definition) is 1. The van der Waals surface area contributed by atoms with Crippen LogP contribution in [0, 0.1) is 0 Å². The molecule has 0 fully saturated rings. The van der Waals surface area contributed by atoms with Gasteiger partial charge < -0.3 is 5.73 Å². The van der Waals surface area contributed by atoms with Crippen LogP contribution in [0.2, 0.25) is 0 Å². The molecule has 2 aromatic heterocycles. The summed E-state index contributed by atoms with van der Waals surface area (Å²) in [5.74, 6) is 0.319. The molecule has 0 aliphatic heterocycles. The number of imidazole rings is 1. The van der Waals surface area contributed by atoms with E-state index in [2.05, 4.69) is 10.1 Å². The van der Waals surface area contributed by atoms with E-state index in [4.69, 9.17) is 5.73 Å². The van der Waals surface area contributed by atoms with E-state index < -0.39 is 14.6 Å². The number of hydrogen-bond acceptors (Lipinski definition) is 5. The van der Waals surface area contributed by atoms with E-state index in [0.717, 1.165) is 23.3 Å². The maximum atomic E-state index is 11.9. The smallest absolute Gasteiger partial charge is 0.202 e. The van der Waals surface area contributed by atoms with E-state index in [1.54, 1.807) is 23.1 Å². The van der Waals surface area contributed by atoms with E-state index in [-0.39, 0.29) is 6.54 Å². The SMILES string of the molecule is CCc1nn(C)c2c1nc(N)n2CC(C)(C)S(C)(=O)=O. The van der Waals surface area contributed by atoms with Crippen LogP contribution in [0.5, 0.6) is 0 Å². The zero-order valence-electron chi connectivity index (χ0n) is 12.5. The quantitative estimate of drug-likeness (QED) is 0.898. The van der Waals surface area contributed by atoms with Crippen LogP contribution in [0.3, 0.4) is 0 Å². The highest BCUT2D eigenvalue weighted by Gasteiger charge is 2.32. The Kier molecular flexibility index (Phi) is 3.32. The predicted molar refractivity (Wildman–Crippen MR) is 79.2 cm³/mol. The second kappa shape index (κ2) is 4.47. The molecule has 0 unspecified atom stereocenters. The molecule has 0 radical (unpaired) electrons. The zero-order valence-corrected chi connectivity index (χ0v) is 13.3. The summed E-state index contributed by atoms with van der Waals surface area (Å²) >= 11 is 0. The van der Waals surface area contributed by atoms with Crippen molar-refractivity contribution in [3.8, 4) is 0 Å². The van der Waals surface area contributed by atoms with Crippen molar-refractivity contribution in [1.82, 2.24) is 19.3 Å². The maximum Gasteiger partial charge on any atom is 0.202 e. The molecule has 2 heterocycles. The maximum absolute atomic E-state index is 11.9. The highest BCUT2D eigenvalue weighted by molar-refractivity contribution is 7.92. The number of anilines is 1. The average Bonchev–Trinajstić information content (AvgIpc) is 2.77. The van der Waals surface area contributed by atoms with E-state index in [1.165, 1.54) is 6.26 Å². The molecule has 2 rings (SSSR count). The third-order valence-corrected chi connectivity index (χ3v) is 5.84. The topological polar surface area (TPSA) is 95.8 Å². The van der Waals surface area contributed by atoms with Gasteiger partial charge in [0.1, 0.15) is 5.52 Å². The lowest BCUT2D eigenvalue weighted by atomic mass is 10.2. The van der Waals surface area contributed by atoms with Gasteiger partial charge in [0.15, 0.2) is 15.5 Å². The number of sulfone groups is 1. The van der Waals surface area contributed by atoms with E-state index >= 15 is 0 Å². The van der Waals surface area contributed by atoms with Crippen molar-refractivity contribution in [2.45, 2.75) is 38.5 Å². The Morgan fingerprint density at radius 2 is 1.95 bits per heavy atom. The largest absolute Gasteiger partial charge is 0.369 e. The fourth-order valence-corrected chi connectivity index (χ4v) is 2.51. The van der Waals surface area contributed by atoms with Gasteiger partial charge in [0.05, 0.1) is 10.4 Å². The molecule has 0 aliphatic carbocycles. The molecular formula is C12H21N5O2S. The van der Waals surface area contributed by atoms with Gasteiger partial charge in [-0.1, -0.05) is 6.92 Å². The van der Waals surface area contributed by atoms with Gasteiger partial charge in [-0.15, -0.1) is 0 Å². The molecule has 0 saturated heterocycles. The summed E-state index contributed by atoms with van der Waals surface area (Å²) in [5.41, 5.74) is 8.33. The monoisotopic (exact) mass is 299 g/mol. The van der Waals surface area contributed by atoms with E-state index in [1.807, 2.05) is 14.0 Å². The van der Waals surface area contributed by atoms with Gasteiger partial charge in [0, 0.05) is 19.8 Å². The molecule has 7 nitrogen and oxygen atoms in total. The fourth-order valence-electron chi connectivity index (χ4n) is 2.15. The van der Waals surface area contributed by atoms with Crippen LogP contribution in [-0.2, 0) is 29.9 Å². The van der Waals surface area contributed by atoms with Gasteiger partial charge in [0.2, 0.25) is 5.95 Å². The molecule has 0 bridgehead atoms. The third-order valence-electron chi connectivity index (χ3n) is 3.70. The molecule has 112 valence electrons. The van der Waals surface area contributed by atoms with Crippen molar-refractivity contribution < 1.29 is 8.42 Å². The first-order valence-corrected chi connectivity index (χ1v) is 8.35. The number of aromatic nitrogens is 4. The fraction of sp³-hybridized carbons (Fsp3) is 0.667. The van der Waals surface area contributed by atoms with Crippen molar-refractivity contribution in [3.63, 3.8) is 0 Å². The molecule has 0 saturated carbocycles. The lowest BCUT2D eigenvalue weighted by Crippen LogP contribution is -2.36. The van der Waals surface area contributed by atoms with Crippen LogP contribution < -0.4 is 5.73 Å². The van der Waals surface area contributed by atoms with Crippen molar-refractivity contribution in [2.24, 2.45) is 7.05 Å². The van der Waals surface area contributed by atoms with Gasteiger partial charge in [0.25, 0.3) is 0 Å². The summed E-state index contributed by atoms with van der Waals surface area (Å²) in [4.78, 5) is 4.33. The van der Waals surface area contributed by atoms with E-state index in [9.17, 15) is 8.42 Å². The summed E-state index contributed by atoms with van der Waals surface area (Å²) in [6.45, 7) is 5.61. The van der Waals surface area contributed by atoms with Crippen LogP contribution in [0.25, 0.3) is 11.2 Å². The van der Waals surface area contributed by atoms with Crippen LogP contribution >= 0.6 is 0 Å². The Bertz CT molecular complexity index is 754. The highest BCUT2D eigenvalue weighted by atomic mass is 32.2. The minimum atomic E-state index is -3.21. The van der Waals surface area contributed by atoms with Gasteiger partial charge >= 0.3 is 0 Å². The molecule has 0 aromatic carbocycles. The van der Waals surface area contributed by atoms with Crippen molar-refractivity contribution in [3.05, 3.63) is 5.69 Å². The number of nitrogens with zero attached hydrogens (tertiary/aromatic N) is 4. The van der Waals surface area contributed by atoms with Crippen LogP contribution in [0.15, 0.2) is 0 Å². The molecule has 2 N–H and O–H groups in total. The zero-order chi connectivity index (χ0) is 15.3. The standard InChI is InChI=1S/C12H21N5O2S/c1-6-8-9-10(16(4)15-8)17(11(13)14-9)7-12(2,3)20(5,18)19/h6-7H2,1-5H3,(H2,13,14). The number of aryl methyl sites for hydroxylation is 2. The summed E-state index contributed by atoms with van der Waals surface area (Å²) in [7, 11) is -1.40. The first-order valence-electron chi connectivity index (χ1n) is 6.45. The van der Waals surface area contributed by atoms with Gasteiger partial charge in [-0.3, -0.25) is 9.25 Å². The summed E-state index contributed by atoms with van der Waals surface area (Å²) in [6.07, 6.45) is 1.99. The van der Waals surface area contributed by atoms with Crippen LogP contribution in [-0.4, -0.2) is 38.8 Å². The second-order valence-electron chi connectivity index (χ2n) is 5.68. The summed E-state index contributed by atoms with van der Waals surface area (Å²) in [5, 5.41) is 4.39. The molecule has 0 amide bonds. The third kappa shape index (κ3) is 2.17. The van der Waals surface area contributed by atoms with Crippen molar-refractivity contribution in [1.29, 1.82) is 0 Å². The van der Waals surface area contributed by atoms with Crippen LogP contribution in [0.1, 0.15) is 26.5 Å². The van der Waals surface area contributed by atoms with E-state index in [0.29, 0.717) is 5.95 Å². The minimum absolute atomic E-state index is 0.247. The Morgan fingerprint density at radius 3 is 2.45 bits per heavy atom. The normalized spacial score (nSPS) is 13.2. The molecule has 0 aliphatic rings. The molecule has 2 aromatic rings. The van der Waals surface area contributed by atoms with Gasteiger partial charge in [-0.05, 0) is 20.3 Å². The highest BCUT2D eigenvalue weighted by Crippen LogP contribution is 2.26. The second-order valence-corrected chi connectivity index (χ2v) is 8.33. The Morgan fingerprint density at radius 1 is 1.35 bits per heavy atom. The lowest BCUT2D eigenvalue weighted by Gasteiger charge is -2.23. The van der Waals surface area contributed by atoms with Crippen LogP contribution in [0.4, 0.5) is 5.95 Å². The summed E-state index contributed by atoms with van der Waals surface area (Å²) in [6, 6.07) is 0. The average molecular weight is 299 g/mol. The molecule has 8 heteroatoms. The minimum Gasteiger partial charge on any atom is -0.369 e.